The van der Waals surface area contributed by atoms with Gasteiger partial charge in [-0.15, -0.1) is 6.58 Å². The fraction of sp³-hybridized carbons (Fsp3) is 0.857. The zero-order chi connectivity index (χ0) is 13.1. The molecule has 106 valence electrons. The molecule has 0 radical (unpaired) electrons. The van der Waals surface area contributed by atoms with Gasteiger partial charge in [-0.3, -0.25) is 0 Å². The molecule has 0 bridgehead atoms. The first kappa shape index (κ1) is 16.2. The Morgan fingerprint density at radius 1 is 1.11 bits per heavy atom. The summed E-state index contributed by atoms with van der Waals surface area (Å²) >= 11 is 3.44. The number of hydrogen-bond donors (Lipinski definition) is 0. The molecule has 0 atom stereocenters. The van der Waals surface area contributed by atoms with Gasteiger partial charge < -0.3 is 14.2 Å². The van der Waals surface area contributed by atoms with Crippen molar-refractivity contribution in [2.75, 3.05) is 45.0 Å². The highest BCUT2D eigenvalue weighted by atomic mass is 79.9. The fourth-order valence-electron chi connectivity index (χ4n) is 1.90. The van der Waals surface area contributed by atoms with E-state index < -0.39 is 0 Å². The average molecular weight is 321 g/mol. The fourth-order valence-corrected chi connectivity index (χ4v) is 2.30. The van der Waals surface area contributed by atoms with Crippen LogP contribution in [-0.4, -0.2) is 45.0 Å². The maximum Gasteiger partial charge on any atom is 0.0645 e. The highest BCUT2D eigenvalue weighted by Crippen LogP contribution is 2.28. The average Bonchev–Trinajstić information content (AvgIpc) is 2.34. The van der Waals surface area contributed by atoms with Gasteiger partial charge >= 0.3 is 0 Å². The van der Waals surface area contributed by atoms with Gasteiger partial charge in [-0.2, -0.15) is 0 Å². The smallest absolute Gasteiger partial charge is 0.0645 e. The lowest BCUT2D eigenvalue weighted by Crippen LogP contribution is -2.49. The Morgan fingerprint density at radius 3 is 2.44 bits per heavy atom. The molecule has 18 heavy (non-hydrogen) atoms. The number of ether oxygens (including phenoxy) is 3. The molecule has 1 fully saturated rings. The van der Waals surface area contributed by atoms with E-state index in [0.29, 0.717) is 13.2 Å². The number of hydrogen-bond acceptors (Lipinski definition) is 3. The Morgan fingerprint density at radius 2 is 1.83 bits per heavy atom. The van der Waals surface area contributed by atoms with Gasteiger partial charge in [-0.05, 0) is 12.8 Å². The molecule has 0 aromatic rings. The van der Waals surface area contributed by atoms with Gasteiger partial charge in [-0.25, -0.2) is 0 Å². The molecule has 1 aliphatic rings. The SMILES string of the molecule is C=CCOCC1(COCCCCCCBr)COC1. The van der Waals surface area contributed by atoms with Crippen LogP contribution >= 0.6 is 15.9 Å². The number of halogens is 1. The van der Waals surface area contributed by atoms with Crippen LogP contribution in [0.1, 0.15) is 25.7 Å². The summed E-state index contributed by atoms with van der Waals surface area (Å²) in [6, 6.07) is 0. The number of rotatable bonds is 12. The zero-order valence-corrected chi connectivity index (χ0v) is 12.8. The predicted octanol–water partition coefficient (Wildman–Crippen LogP) is 3.18. The van der Waals surface area contributed by atoms with Gasteiger partial charge in [0.1, 0.15) is 0 Å². The zero-order valence-electron chi connectivity index (χ0n) is 11.2. The van der Waals surface area contributed by atoms with E-state index in [1.165, 1.54) is 19.3 Å². The molecule has 1 heterocycles. The van der Waals surface area contributed by atoms with E-state index in [1.54, 1.807) is 6.08 Å². The van der Waals surface area contributed by atoms with E-state index in [-0.39, 0.29) is 5.41 Å². The van der Waals surface area contributed by atoms with Crippen LogP contribution in [-0.2, 0) is 14.2 Å². The third kappa shape index (κ3) is 6.32. The van der Waals surface area contributed by atoms with E-state index in [2.05, 4.69) is 22.5 Å². The van der Waals surface area contributed by atoms with E-state index in [0.717, 1.165) is 38.2 Å². The van der Waals surface area contributed by atoms with Crippen molar-refractivity contribution in [1.82, 2.24) is 0 Å². The Hall–Kier alpha value is 0.100. The molecule has 0 saturated carbocycles. The van der Waals surface area contributed by atoms with Crippen molar-refractivity contribution in [2.45, 2.75) is 25.7 Å². The van der Waals surface area contributed by atoms with E-state index in [1.807, 2.05) is 0 Å². The second-order valence-electron chi connectivity index (χ2n) is 4.95. The van der Waals surface area contributed by atoms with Crippen LogP contribution < -0.4 is 0 Å². The molecule has 4 heteroatoms. The highest BCUT2D eigenvalue weighted by molar-refractivity contribution is 9.09. The van der Waals surface area contributed by atoms with Crippen molar-refractivity contribution in [3.05, 3.63) is 12.7 Å². The van der Waals surface area contributed by atoms with Crippen molar-refractivity contribution in [3.8, 4) is 0 Å². The third-order valence-corrected chi connectivity index (χ3v) is 3.60. The summed E-state index contributed by atoms with van der Waals surface area (Å²) in [6.07, 6.45) is 6.72. The maximum atomic E-state index is 5.75. The standard InChI is InChI=1S/C14H25BrO3/c1-2-8-16-10-14(12-18-13-14)11-17-9-6-4-3-5-7-15/h2H,1,3-13H2. The molecule has 0 N–H and O–H groups in total. The summed E-state index contributed by atoms with van der Waals surface area (Å²) in [7, 11) is 0. The molecule has 3 nitrogen and oxygen atoms in total. The number of unbranched alkanes of at least 4 members (excludes halogenated alkanes) is 3. The lowest BCUT2D eigenvalue weighted by Gasteiger charge is -2.40. The molecule has 1 rings (SSSR count). The summed E-state index contributed by atoms with van der Waals surface area (Å²) in [4.78, 5) is 0. The molecule has 0 aromatic carbocycles. The first-order valence-electron chi connectivity index (χ1n) is 6.73. The summed E-state index contributed by atoms with van der Waals surface area (Å²) in [5, 5.41) is 1.11. The van der Waals surface area contributed by atoms with Crippen LogP contribution in [0, 0.1) is 5.41 Å². The minimum Gasteiger partial charge on any atom is -0.381 e. The third-order valence-electron chi connectivity index (χ3n) is 3.04. The lowest BCUT2D eigenvalue weighted by atomic mass is 9.88. The van der Waals surface area contributed by atoms with Gasteiger partial charge in [0.05, 0.1) is 38.4 Å². The second-order valence-corrected chi connectivity index (χ2v) is 5.75. The van der Waals surface area contributed by atoms with Crippen LogP contribution in [0.5, 0.6) is 0 Å². The Bertz CT molecular complexity index is 217. The first-order chi connectivity index (χ1) is 8.83. The highest BCUT2D eigenvalue weighted by Gasteiger charge is 2.39. The Kier molecular flexibility index (Phi) is 8.94. The monoisotopic (exact) mass is 320 g/mol. The molecule has 0 unspecified atom stereocenters. The normalized spacial score (nSPS) is 17.4. The first-order valence-corrected chi connectivity index (χ1v) is 7.85. The van der Waals surface area contributed by atoms with Crippen LogP contribution in [0.4, 0.5) is 0 Å². The molecule has 0 spiro atoms. The lowest BCUT2D eigenvalue weighted by molar-refractivity contribution is -0.176. The van der Waals surface area contributed by atoms with Crippen LogP contribution in [0.15, 0.2) is 12.7 Å². The van der Waals surface area contributed by atoms with E-state index in [9.17, 15) is 0 Å². The molecule has 0 amide bonds. The molecular formula is C14H25BrO3. The summed E-state index contributed by atoms with van der Waals surface area (Å²) < 4.78 is 16.6. The van der Waals surface area contributed by atoms with Crippen molar-refractivity contribution >= 4 is 15.9 Å². The molecular weight excluding hydrogens is 296 g/mol. The van der Waals surface area contributed by atoms with Crippen molar-refractivity contribution < 1.29 is 14.2 Å². The topological polar surface area (TPSA) is 27.7 Å². The molecule has 0 aromatic heterocycles. The van der Waals surface area contributed by atoms with Gasteiger partial charge in [0.2, 0.25) is 0 Å². The van der Waals surface area contributed by atoms with Crippen LogP contribution in [0.3, 0.4) is 0 Å². The maximum absolute atomic E-state index is 5.75. The largest absolute Gasteiger partial charge is 0.381 e. The van der Waals surface area contributed by atoms with Gasteiger partial charge in [-0.1, -0.05) is 34.8 Å². The molecule has 1 saturated heterocycles. The van der Waals surface area contributed by atoms with E-state index in [4.69, 9.17) is 14.2 Å². The van der Waals surface area contributed by atoms with Crippen molar-refractivity contribution in [1.29, 1.82) is 0 Å². The quantitative estimate of drug-likeness (QED) is 0.314. The van der Waals surface area contributed by atoms with Gasteiger partial charge in [0, 0.05) is 11.9 Å². The Balaban J connectivity index is 1.99. The summed E-state index contributed by atoms with van der Waals surface area (Å²) in [5.41, 5.74) is 0.0961. The van der Waals surface area contributed by atoms with Crippen molar-refractivity contribution in [2.24, 2.45) is 5.41 Å². The van der Waals surface area contributed by atoms with Gasteiger partial charge in [0.25, 0.3) is 0 Å². The Labute approximate surface area is 119 Å². The van der Waals surface area contributed by atoms with Crippen LogP contribution in [0.25, 0.3) is 0 Å². The second kappa shape index (κ2) is 9.96. The van der Waals surface area contributed by atoms with E-state index >= 15 is 0 Å². The predicted molar refractivity (Wildman–Crippen MR) is 77.3 cm³/mol. The van der Waals surface area contributed by atoms with Gasteiger partial charge in [0.15, 0.2) is 0 Å². The van der Waals surface area contributed by atoms with Crippen LogP contribution in [0.2, 0.25) is 0 Å². The molecule has 0 aliphatic carbocycles. The summed E-state index contributed by atoms with van der Waals surface area (Å²) in [5.74, 6) is 0. The van der Waals surface area contributed by atoms with Crippen molar-refractivity contribution in [3.63, 3.8) is 0 Å². The molecule has 1 aliphatic heterocycles. The minimum atomic E-state index is 0.0961. The number of alkyl halides is 1. The minimum absolute atomic E-state index is 0.0961. The summed E-state index contributed by atoms with van der Waals surface area (Å²) in [6.45, 7) is 8.08.